The summed E-state index contributed by atoms with van der Waals surface area (Å²) in [6.45, 7) is 7.63. The Balaban J connectivity index is 3.55. The molecule has 158 valence electrons. The Labute approximate surface area is 169 Å². The van der Waals surface area contributed by atoms with Gasteiger partial charge >= 0.3 is 0 Å². The van der Waals surface area contributed by atoms with Crippen LogP contribution in [0.25, 0.3) is 0 Å². The first-order chi connectivity index (χ1) is 12.3. The highest BCUT2D eigenvalue weighted by Crippen LogP contribution is 2.35. The second-order valence-electron chi connectivity index (χ2n) is 8.56. The lowest BCUT2D eigenvalue weighted by Gasteiger charge is -2.36. The highest BCUT2D eigenvalue weighted by Gasteiger charge is 2.38. The van der Waals surface area contributed by atoms with Crippen molar-refractivity contribution in [1.82, 2.24) is 0 Å². The molecule has 4 unspecified atom stereocenters. The van der Waals surface area contributed by atoms with Crippen LogP contribution in [0.4, 0.5) is 0 Å². The third kappa shape index (κ3) is 12.6. The van der Waals surface area contributed by atoms with Crippen LogP contribution in [0.1, 0.15) is 124 Å². The van der Waals surface area contributed by atoms with Gasteiger partial charge in [0.2, 0.25) is 0 Å². The maximum Gasteiger partial charge on any atom is 0.0726 e. The molecule has 0 saturated carbocycles. The number of hydrogen-bond donors (Lipinski definition) is 2. The molecule has 0 amide bonds. The Kier molecular flexibility index (Phi) is 16.3. The van der Waals surface area contributed by atoms with Crippen LogP contribution in [0, 0.1) is 5.92 Å². The first-order valence-corrected chi connectivity index (χ1v) is 11.8. The zero-order valence-electron chi connectivity index (χ0n) is 18.1. The van der Waals surface area contributed by atoms with Gasteiger partial charge < -0.3 is 10.2 Å². The minimum Gasteiger partial charge on any atom is -0.393 e. The minimum atomic E-state index is -0.745. The van der Waals surface area contributed by atoms with E-state index in [0.29, 0.717) is 0 Å². The number of rotatable bonds is 18. The molecule has 0 heterocycles. The Morgan fingerprint density at radius 1 is 0.692 bits per heavy atom. The fourth-order valence-corrected chi connectivity index (χ4v) is 4.16. The molecule has 0 bridgehead atoms. The fraction of sp³-hybridized carbons (Fsp3) is 1.00. The van der Waals surface area contributed by atoms with Crippen LogP contribution in [0.2, 0.25) is 0 Å². The van der Waals surface area contributed by atoms with Gasteiger partial charge in [0, 0.05) is 5.92 Å². The predicted octanol–water partition coefficient (Wildman–Crippen LogP) is 7.23. The molecule has 0 aromatic heterocycles. The van der Waals surface area contributed by atoms with Crippen LogP contribution >= 0.6 is 11.6 Å². The maximum absolute atomic E-state index is 10.0. The third-order valence-electron chi connectivity index (χ3n) is 5.99. The van der Waals surface area contributed by atoms with Gasteiger partial charge in [0.1, 0.15) is 0 Å². The zero-order chi connectivity index (χ0) is 19.8. The third-order valence-corrected chi connectivity index (χ3v) is 6.59. The number of unbranched alkanes of at least 4 members (excludes halogenated alkanes) is 13. The van der Waals surface area contributed by atoms with Gasteiger partial charge in [0.15, 0.2) is 0 Å². The molecule has 0 aromatic rings. The van der Waals surface area contributed by atoms with Crippen molar-refractivity contribution in [3.8, 4) is 0 Å². The molecule has 26 heavy (non-hydrogen) atoms. The fourth-order valence-electron chi connectivity index (χ4n) is 3.86. The molecule has 0 aliphatic rings. The minimum absolute atomic E-state index is 0.0542. The van der Waals surface area contributed by atoms with E-state index in [9.17, 15) is 10.2 Å². The van der Waals surface area contributed by atoms with Gasteiger partial charge in [0.25, 0.3) is 0 Å². The normalized spacial score (nSPS) is 17.7. The second-order valence-corrected chi connectivity index (χ2v) is 9.37. The van der Waals surface area contributed by atoms with Crippen molar-refractivity contribution in [3.63, 3.8) is 0 Å². The number of aliphatic hydroxyl groups excluding tert-OH is 2. The van der Waals surface area contributed by atoms with Gasteiger partial charge in [-0.25, -0.2) is 0 Å². The molecule has 0 aliphatic heterocycles. The van der Waals surface area contributed by atoms with E-state index in [1.165, 1.54) is 83.5 Å². The summed E-state index contributed by atoms with van der Waals surface area (Å²) in [4.78, 5) is -0.745. The topological polar surface area (TPSA) is 40.5 Å². The van der Waals surface area contributed by atoms with Crippen LogP contribution in [-0.2, 0) is 0 Å². The maximum atomic E-state index is 10.0. The summed E-state index contributed by atoms with van der Waals surface area (Å²) in [6.07, 6.45) is 18.7. The SMILES string of the molecule is CCCCCCCCCCCCCCCCC(C(C)O)C(C)(Cl)C(C)O. The summed E-state index contributed by atoms with van der Waals surface area (Å²) in [5.74, 6) is -0.0542. The van der Waals surface area contributed by atoms with E-state index in [-0.39, 0.29) is 5.92 Å². The van der Waals surface area contributed by atoms with E-state index in [4.69, 9.17) is 11.6 Å². The van der Waals surface area contributed by atoms with Crippen molar-refractivity contribution in [2.24, 2.45) is 5.92 Å². The van der Waals surface area contributed by atoms with Crippen molar-refractivity contribution in [2.45, 2.75) is 141 Å². The molecular weight excluding hydrogens is 344 g/mol. The van der Waals surface area contributed by atoms with Crippen LogP contribution in [0.5, 0.6) is 0 Å². The van der Waals surface area contributed by atoms with Gasteiger partial charge in [-0.1, -0.05) is 96.8 Å². The summed E-state index contributed by atoms with van der Waals surface area (Å²) < 4.78 is 0. The van der Waals surface area contributed by atoms with Crippen molar-refractivity contribution >= 4 is 11.6 Å². The van der Waals surface area contributed by atoms with E-state index < -0.39 is 17.1 Å². The van der Waals surface area contributed by atoms with Gasteiger partial charge in [-0.3, -0.25) is 0 Å². The molecule has 0 saturated heterocycles. The highest BCUT2D eigenvalue weighted by atomic mass is 35.5. The molecule has 0 rings (SSSR count). The monoisotopic (exact) mass is 390 g/mol. The van der Waals surface area contributed by atoms with Crippen molar-refractivity contribution in [1.29, 1.82) is 0 Å². The Hall–Kier alpha value is 0.210. The smallest absolute Gasteiger partial charge is 0.0726 e. The summed E-state index contributed by atoms with van der Waals surface area (Å²) in [6, 6.07) is 0. The number of hydrogen-bond acceptors (Lipinski definition) is 2. The Morgan fingerprint density at radius 2 is 1.04 bits per heavy atom. The summed E-state index contributed by atoms with van der Waals surface area (Å²) in [7, 11) is 0. The van der Waals surface area contributed by atoms with E-state index >= 15 is 0 Å². The molecule has 2 nitrogen and oxygen atoms in total. The number of aliphatic hydroxyl groups is 2. The molecule has 2 N–H and O–H groups in total. The lowest BCUT2D eigenvalue weighted by Crippen LogP contribution is -2.44. The van der Waals surface area contributed by atoms with Crippen molar-refractivity contribution in [2.75, 3.05) is 0 Å². The quantitative estimate of drug-likeness (QED) is 0.191. The predicted molar refractivity (Wildman–Crippen MR) is 116 cm³/mol. The van der Waals surface area contributed by atoms with Crippen molar-refractivity contribution in [3.05, 3.63) is 0 Å². The molecular formula is C23H47ClO2. The standard InChI is InChI=1S/C23H47ClO2/c1-5-6-7-8-9-10-11-12-13-14-15-16-17-18-19-22(20(2)25)23(4,24)21(3)26/h20-22,25-26H,5-19H2,1-4H3. The second kappa shape index (κ2) is 16.2. The molecule has 4 atom stereocenters. The van der Waals surface area contributed by atoms with E-state index in [1.807, 2.05) is 6.92 Å². The van der Waals surface area contributed by atoms with Crippen molar-refractivity contribution < 1.29 is 10.2 Å². The van der Waals surface area contributed by atoms with Gasteiger partial charge in [-0.2, -0.15) is 0 Å². The largest absolute Gasteiger partial charge is 0.393 e. The Bertz CT molecular complexity index is 303. The summed E-state index contributed by atoms with van der Waals surface area (Å²) in [5.41, 5.74) is 0. The van der Waals surface area contributed by atoms with Crippen LogP contribution in [-0.4, -0.2) is 27.3 Å². The van der Waals surface area contributed by atoms with Crippen LogP contribution in [0.15, 0.2) is 0 Å². The first-order valence-electron chi connectivity index (χ1n) is 11.4. The van der Waals surface area contributed by atoms with Crippen LogP contribution in [0.3, 0.4) is 0 Å². The van der Waals surface area contributed by atoms with Crippen LogP contribution < -0.4 is 0 Å². The summed E-state index contributed by atoms with van der Waals surface area (Å²) in [5, 5.41) is 19.9. The average molecular weight is 391 g/mol. The van der Waals surface area contributed by atoms with E-state index in [2.05, 4.69) is 6.92 Å². The van der Waals surface area contributed by atoms with Gasteiger partial charge in [-0.15, -0.1) is 11.6 Å². The number of halogens is 1. The van der Waals surface area contributed by atoms with E-state index in [0.717, 1.165) is 12.8 Å². The lowest BCUT2D eigenvalue weighted by atomic mass is 9.81. The molecule has 0 spiro atoms. The highest BCUT2D eigenvalue weighted by molar-refractivity contribution is 6.24. The molecule has 3 heteroatoms. The molecule has 0 radical (unpaired) electrons. The van der Waals surface area contributed by atoms with Gasteiger partial charge in [0.05, 0.1) is 17.1 Å². The number of alkyl halides is 1. The van der Waals surface area contributed by atoms with E-state index in [1.54, 1.807) is 13.8 Å². The summed E-state index contributed by atoms with van der Waals surface area (Å²) >= 11 is 6.48. The zero-order valence-corrected chi connectivity index (χ0v) is 18.9. The molecule has 0 aromatic carbocycles. The molecule has 0 aliphatic carbocycles. The molecule has 0 fully saturated rings. The van der Waals surface area contributed by atoms with Gasteiger partial charge in [-0.05, 0) is 27.2 Å². The Morgan fingerprint density at radius 3 is 1.35 bits per heavy atom. The first kappa shape index (κ1) is 26.2. The lowest BCUT2D eigenvalue weighted by molar-refractivity contribution is 0.0406. The average Bonchev–Trinajstić information content (AvgIpc) is 2.57.